The lowest BCUT2D eigenvalue weighted by molar-refractivity contribution is 0.199. The lowest BCUT2D eigenvalue weighted by Crippen LogP contribution is -2.18. The number of nitrogens with one attached hydrogen (secondary N) is 1. The second kappa shape index (κ2) is 8.71. The summed E-state index contributed by atoms with van der Waals surface area (Å²) in [7, 11) is 1.74. The molecule has 1 saturated carbocycles. The minimum atomic E-state index is 0.772. The molecular formula is C17H27NOS. The molecule has 0 spiro atoms. The summed E-state index contributed by atoms with van der Waals surface area (Å²) in [6, 6.07) is 9.04. The first-order valence-corrected chi connectivity index (χ1v) is 8.61. The van der Waals surface area contributed by atoms with Crippen molar-refractivity contribution in [1.29, 1.82) is 0 Å². The zero-order chi connectivity index (χ0) is 14.2. The van der Waals surface area contributed by atoms with Crippen LogP contribution in [0.3, 0.4) is 0 Å². The zero-order valence-electron chi connectivity index (χ0n) is 12.7. The van der Waals surface area contributed by atoms with Gasteiger partial charge < -0.3 is 10.1 Å². The van der Waals surface area contributed by atoms with Gasteiger partial charge in [0.1, 0.15) is 0 Å². The minimum absolute atomic E-state index is 0.772. The van der Waals surface area contributed by atoms with E-state index in [0.717, 1.165) is 30.9 Å². The second-order valence-corrected chi connectivity index (χ2v) is 7.20. The molecule has 1 N–H and O–H groups in total. The lowest BCUT2D eigenvalue weighted by Gasteiger charge is -2.26. The van der Waals surface area contributed by atoms with Crippen molar-refractivity contribution in [2.24, 2.45) is 5.92 Å². The predicted molar refractivity (Wildman–Crippen MR) is 87.3 cm³/mol. The summed E-state index contributed by atoms with van der Waals surface area (Å²) in [5.41, 5.74) is 1.35. The van der Waals surface area contributed by atoms with Gasteiger partial charge in [-0.1, -0.05) is 31.9 Å². The highest BCUT2D eigenvalue weighted by Crippen LogP contribution is 2.35. The summed E-state index contributed by atoms with van der Waals surface area (Å²) >= 11 is 2.07. The van der Waals surface area contributed by atoms with Crippen LogP contribution in [0, 0.1) is 5.92 Å². The third-order valence-electron chi connectivity index (χ3n) is 3.93. The highest BCUT2D eigenvalue weighted by molar-refractivity contribution is 8.00. The monoisotopic (exact) mass is 293 g/mol. The fraction of sp³-hybridized carbons (Fsp3) is 0.647. The molecular weight excluding hydrogens is 266 g/mol. The molecule has 1 aromatic rings. The third kappa shape index (κ3) is 5.47. The molecule has 1 fully saturated rings. The molecule has 1 aromatic carbocycles. The van der Waals surface area contributed by atoms with Gasteiger partial charge in [0, 0.05) is 30.3 Å². The number of ether oxygens (including phenoxy) is 1. The summed E-state index contributed by atoms with van der Waals surface area (Å²) in [5, 5.41) is 4.20. The zero-order valence-corrected chi connectivity index (χ0v) is 13.5. The molecule has 0 saturated heterocycles. The summed E-state index contributed by atoms with van der Waals surface area (Å²) in [6.45, 7) is 5.00. The fourth-order valence-corrected chi connectivity index (χ4v) is 4.16. The summed E-state index contributed by atoms with van der Waals surface area (Å²) < 4.78 is 5.03. The van der Waals surface area contributed by atoms with Crippen LogP contribution < -0.4 is 5.32 Å². The first-order chi connectivity index (χ1) is 9.78. The SMILES string of the molecule is COCCNCc1ccc(SC2CCCC(C)C2)cc1. The Kier molecular flexibility index (Phi) is 6.91. The van der Waals surface area contributed by atoms with E-state index in [1.54, 1.807) is 7.11 Å². The topological polar surface area (TPSA) is 21.3 Å². The highest BCUT2D eigenvalue weighted by Gasteiger charge is 2.19. The smallest absolute Gasteiger partial charge is 0.0587 e. The third-order valence-corrected chi connectivity index (χ3v) is 5.23. The fourth-order valence-electron chi connectivity index (χ4n) is 2.77. The van der Waals surface area contributed by atoms with Gasteiger partial charge in [-0.05, 0) is 36.5 Å². The van der Waals surface area contributed by atoms with Crippen LogP contribution in [0.25, 0.3) is 0 Å². The first-order valence-electron chi connectivity index (χ1n) is 7.73. The first kappa shape index (κ1) is 15.9. The Morgan fingerprint density at radius 2 is 2.05 bits per heavy atom. The van der Waals surface area contributed by atoms with Crippen LogP contribution in [-0.2, 0) is 11.3 Å². The molecule has 0 amide bonds. The Balaban J connectivity index is 1.76. The van der Waals surface area contributed by atoms with E-state index in [-0.39, 0.29) is 0 Å². The average Bonchev–Trinajstić information content (AvgIpc) is 2.45. The molecule has 2 atom stereocenters. The average molecular weight is 293 g/mol. The van der Waals surface area contributed by atoms with Gasteiger partial charge in [0.05, 0.1) is 6.61 Å². The molecule has 0 heterocycles. The van der Waals surface area contributed by atoms with E-state index in [1.807, 2.05) is 0 Å². The van der Waals surface area contributed by atoms with Crippen LogP contribution in [0.1, 0.15) is 38.2 Å². The maximum Gasteiger partial charge on any atom is 0.0587 e. The van der Waals surface area contributed by atoms with Gasteiger partial charge >= 0.3 is 0 Å². The quantitative estimate of drug-likeness (QED) is 0.765. The van der Waals surface area contributed by atoms with Gasteiger partial charge in [0.25, 0.3) is 0 Å². The number of methoxy groups -OCH3 is 1. The van der Waals surface area contributed by atoms with Crippen LogP contribution in [0.4, 0.5) is 0 Å². The maximum atomic E-state index is 5.03. The van der Waals surface area contributed by atoms with Gasteiger partial charge in [-0.3, -0.25) is 0 Å². The van der Waals surface area contributed by atoms with Gasteiger partial charge in [-0.2, -0.15) is 0 Å². The minimum Gasteiger partial charge on any atom is -0.383 e. The Bertz CT molecular complexity index is 379. The van der Waals surface area contributed by atoms with Crippen molar-refractivity contribution >= 4 is 11.8 Å². The van der Waals surface area contributed by atoms with E-state index in [4.69, 9.17) is 4.74 Å². The molecule has 1 aliphatic rings. The van der Waals surface area contributed by atoms with Crippen LogP contribution >= 0.6 is 11.8 Å². The standard InChI is InChI=1S/C17H27NOS/c1-14-4-3-5-17(12-14)20-16-8-6-15(7-9-16)13-18-10-11-19-2/h6-9,14,17-18H,3-5,10-13H2,1-2H3. The van der Waals surface area contributed by atoms with Crippen molar-refractivity contribution in [3.8, 4) is 0 Å². The van der Waals surface area contributed by atoms with Crippen LogP contribution in [0.5, 0.6) is 0 Å². The second-order valence-electron chi connectivity index (χ2n) is 5.83. The molecule has 1 aliphatic carbocycles. The predicted octanol–water partition coefficient (Wildman–Crippen LogP) is 4.09. The summed E-state index contributed by atoms with van der Waals surface area (Å²) in [5.74, 6) is 0.908. The van der Waals surface area contributed by atoms with Gasteiger partial charge in [-0.25, -0.2) is 0 Å². The van der Waals surface area contributed by atoms with Gasteiger partial charge in [0.15, 0.2) is 0 Å². The van der Waals surface area contributed by atoms with Crippen molar-refractivity contribution < 1.29 is 4.74 Å². The molecule has 20 heavy (non-hydrogen) atoms. The van der Waals surface area contributed by atoms with Crippen LogP contribution in [-0.4, -0.2) is 25.5 Å². The van der Waals surface area contributed by atoms with Crippen molar-refractivity contribution in [1.82, 2.24) is 5.32 Å². The van der Waals surface area contributed by atoms with Gasteiger partial charge in [0.2, 0.25) is 0 Å². The van der Waals surface area contributed by atoms with E-state index in [0.29, 0.717) is 0 Å². The van der Waals surface area contributed by atoms with Crippen molar-refractivity contribution in [3.63, 3.8) is 0 Å². The molecule has 2 unspecified atom stereocenters. The van der Waals surface area contributed by atoms with Crippen molar-refractivity contribution in [3.05, 3.63) is 29.8 Å². The van der Waals surface area contributed by atoms with Crippen LogP contribution in [0.15, 0.2) is 29.2 Å². The van der Waals surface area contributed by atoms with E-state index in [2.05, 4.69) is 48.3 Å². The Labute approximate surface area is 127 Å². The molecule has 112 valence electrons. The number of hydrogen-bond donors (Lipinski definition) is 1. The molecule has 0 radical (unpaired) electrons. The normalized spacial score (nSPS) is 22.9. The lowest BCUT2D eigenvalue weighted by atomic mass is 9.91. The molecule has 0 aliphatic heterocycles. The number of hydrogen-bond acceptors (Lipinski definition) is 3. The van der Waals surface area contributed by atoms with E-state index in [9.17, 15) is 0 Å². The Morgan fingerprint density at radius 3 is 2.75 bits per heavy atom. The Morgan fingerprint density at radius 1 is 1.25 bits per heavy atom. The van der Waals surface area contributed by atoms with Gasteiger partial charge in [-0.15, -0.1) is 11.8 Å². The number of rotatable bonds is 7. The van der Waals surface area contributed by atoms with Crippen LogP contribution in [0.2, 0.25) is 0 Å². The largest absolute Gasteiger partial charge is 0.383 e. The van der Waals surface area contributed by atoms with E-state index in [1.165, 1.54) is 36.1 Å². The van der Waals surface area contributed by atoms with E-state index < -0.39 is 0 Å². The molecule has 2 rings (SSSR count). The number of benzene rings is 1. The highest BCUT2D eigenvalue weighted by atomic mass is 32.2. The van der Waals surface area contributed by atoms with Crippen molar-refractivity contribution in [2.75, 3.05) is 20.3 Å². The summed E-state index contributed by atoms with van der Waals surface area (Å²) in [6.07, 6.45) is 5.59. The van der Waals surface area contributed by atoms with E-state index >= 15 is 0 Å². The molecule has 3 heteroatoms. The molecule has 0 bridgehead atoms. The van der Waals surface area contributed by atoms with Crippen molar-refractivity contribution in [2.45, 2.75) is 49.3 Å². The summed E-state index contributed by atoms with van der Waals surface area (Å²) in [4.78, 5) is 1.42. The molecule has 2 nitrogen and oxygen atoms in total. The maximum absolute atomic E-state index is 5.03. The number of thioether (sulfide) groups is 1. The molecule has 0 aromatic heterocycles. The Hall–Kier alpha value is -0.510.